The maximum atomic E-state index is 11.8. The van der Waals surface area contributed by atoms with Crippen LogP contribution in [0.5, 0.6) is 0 Å². The molecule has 1 aliphatic heterocycles. The van der Waals surface area contributed by atoms with E-state index in [4.69, 9.17) is 5.21 Å². The molecule has 0 atom stereocenters. The summed E-state index contributed by atoms with van der Waals surface area (Å²) in [5.74, 6) is 0.302. The number of aromatic amines is 1. The van der Waals surface area contributed by atoms with Crippen molar-refractivity contribution in [3.05, 3.63) is 59.2 Å². The molecule has 0 saturated heterocycles. The second-order valence-corrected chi connectivity index (χ2v) is 5.32. The van der Waals surface area contributed by atoms with E-state index in [2.05, 4.69) is 14.9 Å². The Morgan fingerprint density at radius 1 is 1.18 bits per heavy atom. The van der Waals surface area contributed by atoms with Gasteiger partial charge in [0.25, 0.3) is 5.91 Å². The Labute approximate surface area is 126 Å². The highest BCUT2D eigenvalue weighted by Crippen LogP contribution is 2.30. The van der Waals surface area contributed by atoms with Crippen molar-refractivity contribution in [1.29, 1.82) is 0 Å². The van der Waals surface area contributed by atoms with Crippen LogP contribution in [0.1, 0.15) is 21.5 Å². The Kier molecular flexibility index (Phi) is 2.83. The minimum Gasteiger partial charge on any atom is -0.334 e. The zero-order valence-electron chi connectivity index (χ0n) is 11.7. The zero-order chi connectivity index (χ0) is 15.1. The highest BCUT2D eigenvalue weighted by Gasteiger charge is 2.25. The van der Waals surface area contributed by atoms with Crippen molar-refractivity contribution in [2.75, 3.05) is 4.90 Å². The largest absolute Gasteiger partial charge is 0.334 e. The first kappa shape index (κ1) is 12.8. The van der Waals surface area contributed by atoms with Crippen LogP contribution in [-0.2, 0) is 13.1 Å². The summed E-state index contributed by atoms with van der Waals surface area (Å²) in [6.07, 6.45) is 0. The molecule has 0 aliphatic carbocycles. The Hall–Kier alpha value is -2.86. The number of imidazole rings is 1. The van der Waals surface area contributed by atoms with Gasteiger partial charge in [-0.3, -0.25) is 10.0 Å². The minimum atomic E-state index is -0.483. The molecule has 22 heavy (non-hydrogen) atoms. The number of rotatable bonds is 2. The monoisotopic (exact) mass is 294 g/mol. The summed E-state index contributed by atoms with van der Waals surface area (Å²) in [6.45, 7) is 1.26. The summed E-state index contributed by atoms with van der Waals surface area (Å²) in [6, 6.07) is 13.4. The number of amides is 1. The standard InChI is InChI=1S/C16H14N4O2/c21-15(19-22)11-5-3-4-10-8-20(9-12(10)11)16-17-13-6-1-2-7-14(13)18-16/h1-7,22H,8-9H2,(H,17,18)(H,19,21). The summed E-state index contributed by atoms with van der Waals surface area (Å²) in [4.78, 5) is 21.7. The number of nitrogens with zero attached hydrogens (tertiary/aromatic N) is 2. The molecule has 0 bridgehead atoms. The molecule has 0 spiro atoms. The van der Waals surface area contributed by atoms with Crippen molar-refractivity contribution >= 4 is 22.9 Å². The van der Waals surface area contributed by atoms with Gasteiger partial charge < -0.3 is 9.88 Å². The van der Waals surface area contributed by atoms with E-state index >= 15 is 0 Å². The molecule has 2 heterocycles. The Balaban J connectivity index is 1.71. The molecule has 3 aromatic rings. The minimum absolute atomic E-state index is 0.483. The number of anilines is 1. The summed E-state index contributed by atoms with van der Waals surface area (Å²) in [7, 11) is 0. The second kappa shape index (κ2) is 4.85. The number of hydrogen-bond acceptors (Lipinski definition) is 4. The van der Waals surface area contributed by atoms with E-state index in [0.717, 1.165) is 28.1 Å². The predicted octanol–water partition coefficient (Wildman–Crippen LogP) is 2.20. The lowest BCUT2D eigenvalue weighted by Gasteiger charge is -2.13. The lowest BCUT2D eigenvalue weighted by molar-refractivity contribution is 0.0705. The lowest BCUT2D eigenvalue weighted by Crippen LogP contribution is -2.21. The van der Waals surface area contributed by atoms with Crippen LogP contribution in [0.3, 0.4) is 0 Å². The van der Waals surface area contributed by atoms with Crippen LogP contribution in [0.25, 0.3) is 11.0 Å². The number of hydrogen-bond donors (Lipinski definition) is 3. The molecule has 4 rings (SSSR count). The van der Waals surface area contributed by atoms with Crippen LogP contribution < -0.4 is 10.4 Å². The first-order chi connectivity index (χ1) is 10.8. The molecule has 0 unspecified atom stereocenters. The number of aromatic nitrogens is 2. The molecular weight excluding hydrogens is 280 g/mol. The van der Waals surface area contributed by atoms with Crippen molar-refractivity contribution in [2.45, 2.75) is 13.1 Å². The van der Waals surface area contributed by atoms with Gasteiger partial charge in [-0.05, 0) is 29.3 Å². The van der Waals surface area contributed by atoms with Crippen molar-refractivity contribution < 1.29 is 10.0 Å². The van der Waals surface area contributed by atoms with Gasteiger partial charge in [0.05, 0.1) is 11.0 Å². The average Bonchev–Trinajstić information content (AvgIpc) is 3.16. The van der Waals surface area contributed by atoms with Gasteiger partial charge in [-0.2, -0.15) is 0 Å². The number of carbonyl (C=O) groups is 1. The molecule has 1 aliphatic rings. The van der Waals surface area contributed by atoms with E-state index in [-0.39, 0.29) is 0 Å². The van der Waals surface area contributed by atoms with E-state index in [1.54, 1.807) is 11.5 Å². The SMILES string of the molecule is O=C(NO)c1cccc2c1CN(c1nc3ccccc3[nH]1)C2. The number of fused-ring (bicyclic) bond motifs is 2. The van der Waals surface area contributed by atoms with Gasteiger partial charge in [0.1, 0.15) is 0 Å². The lowest BCUT2D eigenvalue weighted by atomic mass is 10.0. The van der Waals surface area contributed by atoms with Crippen LogP contribution in [0.15, 0.2) is 42.5 Å². The highest BCUT2D eigenvalue weighted by molar-refractivity contribution is 5.95. The summed E-state index contributed by atoms with van der Waals surface area (Å²) >= 11 is 0. The van der Waals surface area contributed by atoms with Gasteiger partial charge in [0.15, 0.2) is 0 Å². The second-order valence-electron chi connectivity index (χ2n) is 5.32. The van der Waals surface area contributed by atoms with Gasteiger partial charge in [-0.25, -0.2) is 10.5 Å². The van der Waals surface area contributed by atoms with Gasteiger partial charge in [0.2, 0.25) is 5.95 Å². The number of carbonyl (C=O) groups excluding carboxylic acids is 1. The third-order valence-corrected chi connectivity index (χ3v) is 4.01. The quantitative estimate of drug-likeness (QED) is 0.500. The van der Waals surface area contributed by atoms with E-state index in [1.165, 1.54) is 0 Å². The smallest absolute Gasteiger partial charge is 0.274 e. The predicted molar refractivity (Wildman–Crippen MR) is 81.7 cm³/mol. The Morgan fingerprint density at radius 2 is 2.05 bits per heavy atom. The number of H-pyrrole nitrogens is 1. The molecule has 6 nitrogen and oxygen atoms in total. The van der Waals surface area contributed by atoms with E-state index in [0.29, 0.717) is 18.7 Å². The molecule has 0 fully saturated rings. The summed E-state index contributed by atoms with van der Waals surface area (Å²) in [5.41, 5.74) is 6.11. The third kappa shape index (κ3) is 1.93. The van der Waals surface area contributed by atoms with Gasteiger partial charge in [-0.15, -0.1) is 0 Å². The van der Waals surface area contributed by atoms with Crippen molar-refractivity contribution in [3.63, 3.8) is 0 Å². The maximum Gasteiger partial charge on any atom is 0.274 e. The molecule has 0 radical (unpaired) electrons. The first-order valence-electron chi connectivity index (χ1n) is 7.01. The number of hydroxylamine groups is 1. The molecule has 1 aromatic heterocycles. The maximum absolute atomic E-state index is 11.8. The summed E-state index contributed by atoms with van der Waals surface area (Å²) < 4.78 is 0. The molecule has 3 N–H and O–H groups in total. The number of nitrogens with one attached hydrogen (secondary N) is 2. The molecule has 2 aromatic carbocycles. The number of para-hydroxylation sites is 2. The normalized spacial score (nSPS) is 13.4. The van der Waals surface area contributed by atoms with Crippen LogP contribution >= 0.6 is 0 Å². The van der Waals surface area contributed by atoms with Crippen LogP contribution in [0.2, 0.25) is 0 Å². The van der Waals surface area contributed by atoms with Crippen LogP contribution in [-0.4, -0.2) is 21.1 Å². The number of benzene rings is 2. The van der Waals surface area contributed by atoms with Gasteiger partial charge >= 0.3 is 0 Å². The first-order valence-corrected chi connectivity index (χ1v) is 7.01. The summed E-state index contributed by atoms with van der Waals surface area (Å²) in [5, 5.41) is 8.87. The molecule has 6 heteroatoms. The third-order valence-electron chi connectivity index (χ3n) is 4.01. The van der Waals surface area contributed by atoms with Crippen LogP contribution in [0, 0.1) is 0 Å². The zero-order valence-corrected chi connectivity index (χ0v) is 11.7. The van der Waals surface area contributed by atoms with Crippen molar-refractivity contribution in [1.82, 2.24) is 15.4 Å². The molecule has 0 saturated carbocycles. The Morgan fingerprint density at radius 3 is 2.86 bits per heavy atom. The topological polar surface area (TPSA) is 81.2 Å². The van der Waals surface area contributed by atoms with E-state index < -0.39 is 5.91 Å². The van der Waals surface area contributed by atoms with Crippen LogP contribution in [0.4, 0.5) is 5.95 Å². The van der Waals surface area contributed by atoms with Crippen molar-refractivity contribution in [2.24, 2.45) is 0 Å². The van der Waals surface area contributed by atoms with E-state index in [9.17, 15) is 4.79 Å². The Bertz CT molecular complexity index is 838. The fraction of sp³-hybridized carbons (Fsp3) is 0.125. The van der Waals surface area contributed by atoms with Crippen molar-refractivity contribution in [3.8, 4) is 0 Å². The molecular formula is C16H14N4O2. The average molecular weight is 294 g/mol. The fourth-order valence-corrected chi connectivity index (χ4v) is 2.93. The fourth-order valence-electron chi connectivity index (χ4n) is 2.93. The van der Waals surface area contributed by atoms with Gasteiger partial charge in [0, 0.05) is 18.7 Å². The molecule has 1 amide bonds. The van der Waals surface area contributed by atoms with E-state index in [1.807, 2.05) is 36.4 Å². The van der Waals surface area contributed by atoms with Gasteiger partial charge in [-0.1, -0.05) is 24.3 Å². The highest BCUT2D eigenvalue weighted by atomic mass is 16.5. The molecule has 110 valence electrons.